The summed E-state index contributed by atoms with van der Waals surface area (Å²) in [6, 6.07) is 44.9. The van der Waals surface area contributed by atoms with Gasteiger partial charge in [0.2, 0.25) is 0 Å². The Hall–Kier alpha value is -6.39. The van der Waals surface area contributed by atoms with E-state index in [0.29, 0.717) is 17.5 Å². The van der Waals surface area contributed by atoms with E-state index in [1.165, 1.54) is 33.2 Å². The molecule has 242 valence electrons. The number of hydrogen-bond donors (Lipinski definition) is 0. The maximum atomic E-state index is 6.39. The van der Waals surface area contributed by atoms with Crippen LogP contribution < -0.4 is 4.74 Å². The zero-order chi connectivity index (χ0) is 33.7. The minimum atomic E-state index is -0.0201. The molecular formula is C47H33N3O. The van der Waals surface area contributed by atoms with Crippen LogP contribution in [0.5, 0.6) is 5.75 Å². The number of nitrogens with zero attached hydrogens (tertiary/aromatic N) is 3. The Bertz CT molecular complexity index is 2630. The van der Waals surface area contributed by atoms with Crippen LogP contribution in [-0.2, 0) is 0 Å². The first-order valence-electron chi connectivity index (χ1n) is 17.7. The third kappa shape index (κ3) is 5.19. The van der Waals surface area contributed by atoms with Crippen molar-refractivity contribution in [1.82, 2.24) is 15.0 Å². The number of aromatic nitrogens is 3. The fourth-order valence-corrected chi connectivity index (χ4v) is 7.84. The van der Waals surface area contributed by atoms with Crippen LogP contribution in [0.25, 0.3) is 66.9 Å². The van der Waals surface area contributed by atoms with Crippen molar-refractivity contribution in [2.75, 3.05) is 0 Å². The molecule has 0 saturated carbocycles. The summed E-state index contributed by atoms with van der Waals surface area (Å²) in [5.41, 5.74) is 9.02. The van der Waals surface area contributed by atoms with Gasteiger partial charge in [0.25, 0.3) is 0 Å². The predicted octanol–water partition coefficient (Wildman–Crippen LogP) is 11.4. The lowest BCUT2D eigenvalue weighted by Crippen LogP contribution is -2.19. The summed E-state index contributed by atoms with van der Waals surface area (Å²) in [5.74, 6) is 3.05. The van der Waals surface area contributed by atoms with Gasteiger partial charge in [0, 0.05) is 22.3 Å². The summed E-state index contributed by atoms with van der Waals surface area (Å²) < 4.78 is 6.39. The van der Waals surface area contributed by atoms with Crippen molar-refractivity contribution >= 4 is 32.7 Å². The van der Waals surface area contributed by atoms with Gasteiger partial charge in [0.15, 0.2) is 17.5 Å². The van der Waals surface area contributed by atoms with Crippen molar-refractivity contribution in [2.45, 2.75) is 24.9 Å². The standard InChI is InChI=1S/C47H33N3O/c1-2-11-30(12-3-1)32-23-26-33(27-24-32)45-48-46(35-28-25-31-13-4-5-14-34(31)29-35)50-47(49-45)40-20-9-16-36-37(17-8-18-38(36)40)39-19-10-22-43-44(39)41-15-6-7-21-42(41)51-43/h2,4-29,43-44H,1,3H2. The predicted molar refractivity (Wildman–Crippen MR) is 208 cm³/mol. The number of ether oxygens (including phenoxy) is 1. The van der Waals surface area contributed by atoms with Crippen molar-refractivity contribution < 1.29 is 4.74 Å². The van der Waals surface area contributed by atoms with Gasteiger partial charge in [-0.15, -0.1) is 0 Å². The number of para-hydroxylation sites is 1. The van der Waals surface area contributed by atoms with Crippen LogP contribution in [0.1, 0.15) is 35.4 Å². The second-order valence-corrected chi connectivity index (χ2v) is 13.4. The molecule has 51 heavy (non-hydrogen) atoms. The second-order valence-electron chi connectivity index (χ2n) is 13.4. The molecule has 4 heteroatoms. The molecule has 6 aromatic carbocycles. The summed E-state index contributed by atoms with van der Waals surface area (Å²) in [6.07, 6.45) is 15.5. The van der Waals surface area contributed by atoms with Gasteiger partial charge in [-0.05, 0) is 74.9 Å². The van der Waals surface area contributed by atoms with Crippen LogP contribution in [0, 0.1) is 0 Å². The lowest BCUT2D eigenvalue weighted by Gasteiger charge is -2.24. The highest BCUT2D eigenvalue weighted by atomic mass is 16.5. The smallest absolute Gasteiger partial charge is 0.164 e. The highest BCUT2D eigenvalue weighted by Crippen LogP contribution is 2.49. The average molecular weight is 656 g/mol. The molecule has 4 nitrogen and oxygen atoms in total. The molecule has 0 spiro atoms. The molecule has 3 aliphatic rings. The minimum absolute atomic E-state index is 0.0201. The van der Waals surface area contributed by atoms with Gasteiger partial charge in [-0.2, -0.15) is 0 Å². The molecule has 1 aromatic heterocycles. The Balaban J connectivity index is 1.12. The second kappa shape index (κ2) is 12.2. The Kier molecular flexibility index (Phi) is 7.05. The third-order valence-corrected chi connectivity index (χ3v) is 10.3. The lowest BCUT2D eigenvalue weighted by atomic mass is 9.80. The zero-order valence-electron chi connectivity index (χ0n) is 27.9. The monoisotopic (exact) mass is 655 g/mol. The van der Waals surface area contributed by atoms with Crippen molar-refractivity contribution in [3.8, 4) is 39.9 Å². The summed E-state index contributed by atoms with van der Waals surface area (Å²) in [4.78, 5) is 15.5. The molecule has 0 bridgehead atoms. The topological polar surface area (TPSA) is 47.9 Å². The van der Waals surface area contributed by atoms with E-state index in [1.54, 1.807) is 0 Å². The highest BCUT2D eigenvalue weighted by molar-refractivity contribution is 6.03. The van der Waals surface area contributed by atoms with Gasteiger partial charge in [-0.25, -0.2) is 15.0 Å². The minimum Gasteiger partial charge on any atom is -0.485 e. The molecule has 0 N–H and O–H groups in total. The molecule has 1 aliphatic heterocycles. The molecule has 2 unspecified atom stereocenters. The maximum absolute atomic E-state index is 6.39. The molecule has 2 atom stereocenters. The number of benzene rings is 6. The summed E-state index contributed by atoms with van der Waals surface area (Å²) in [7, 11) is 0. The Morgan fingerprint density at radius 3 is 2.12 bits per heavy atom. The van der Waals surface area contributed by atoms with Gasteiger partial charge in [-0.3, -0.25) is 0 Å². The summed E-state index contributed by atoms with van der Waals surface area (Å²) >= 11 is 0. The average Bonchev–Trinajstić information content (AvgIpc) is 3.60. The van der Waals surface area contributed by atoms with Crippen LogP contribution in [0.15, 0.2) is 164 Å². The van der Waals surface area contributed by atoms with E-state index in [-0.39, 0.29) is 12.0 Å². The first-order valence-corrected chi connectivity index (χ1v) is 17.7. The number of allylic oxidation sites excluding steroid dienone is 6. The summed E-state index contributed by atoms with van der Waals surface area (Å²) in [6.45, 7) is 0. The van der Waals surface area contributed by atoms with Gasteiger partial charge < -0.3 is 4.74 Å². The van der Waals surface area contributed by atoms with Crippen LogP contribution in [0.2, 0.25) is 0 Å². The molecule has 7 aromatic rings. The first kappa shape index (κ1) is 29.5. The quantitative estimate of drug-likeness (QED) is 0.185. The van der Waals surface area contributed by atoms with Gasteiger partial charge in [0.1, 0.15) is 11.9 Å². The highest BCUT2D eigenvalue weighted by Gasteiger charge is 2.37. The van der Waals surface area contributed by atoms with Crippen LogP contribution in [0.3, 0.4) is 0 Å². The van der Waals surface area contributed by atoms with E-state index in [9.17, 15) is 0 Å². The van der Waals surface area contributed by atoms with Gasteiger partial charge in [-0.1, -0.05) is 146 Å². The van der Waals surface area contributed by atoms with Crippen LogP contribution in [-0.4, -0.2) is 21.1 Å². The fourth-order valence-electron chi connectivity index (χ4n) is 7.84. The number of rotatable bonds is 5. The molecule has 10 rings (SSSR count). The van der Waals surface area contributed by atoms with Crippen molar-refractivity contribution in [2.24, 2.45) is 0 Å². The van der Waals surface area contributed by atoms with E-state index in [1.807, 2.05) is 6.07 Å². The van der Waals surface area contributed by atoms with Gasteiger partial charge >= 0.3 is 0 Å². The molecule has 0 saturated heterocycles. The molecule has 0 fully saturated rings. The van der Waals surface area contributed by atoms with E-state index in [4.69, 9.17) is 19.7 Å². The van der Waals surface area contributed by atoms with Crippen LogP contribution >= 0.6 is 0 Å². The maximum Gasteiger partial charge on any atom is 0.164 e. The molecule has 0 radical (unpaired) electrons. The van der Waals surface area contributed by atoms with E-state index >= 15 is 0 Å². The van der Waals surface area contributed by atoms with Crippen molar-refractivity contribution in [1.29, 1.82) is 0 Å². The number of hydrogen-bond acceptors (Lipinski definition) is 4. The largest absolute Gasteiger partial charge is 0.485 e. The molecular weight excluding hydrogens is 623 g/mol. The van der Waals surface area contributed by atoms with Gasteiger partial charge in [0.05, 0.1) is 5.92 Å². The van der Waals surface area contributed by atoms with Crippen LogP contribution in [0.4, 0.5) is 0 Å². The first-order chi connectivity index (χ1) is 25.3. The SMILES string of the molecule is C1=CC2Oc3ccccc3C2C(c2cccc3c(-c4nc(-c5ccc(C6=CCCC=C6)cc5)nc(-c5ccc6ccccc6c5)n4)cccc23)=C1. The Morgan fingerprint density at radius 2 is 1.27 bits per heavy atom. The van der Waals surface area contributed by atoms with Crippen molar-refractivity contribution in [3.05, 3.63) is 181 Å². The normalized spacial score (nSPS) is 17.5. The lowest BCUT2D eigenvalue weighted by molar-refractivity contribution is 0.271. The zero-order valence-corrected chi connectivity index (χ0v) is 27.9. The van der Waals surface area contributed by atoms with Crippen molar-refractivity contribution in [3.63, 3.8) is 0 Å². The fraction of sp³-hybridized carbons (Fsp3) is 0.0851. The molecule has 2 aliphatic carbocycles. The summed E-state index contributed by atoms with van der Waals surface area (Å²) in [5, 5.41) is 4.59. The molecule has 2 heterocycles. The molecule has 0 amide bonds. The Labute approximate surface area is 296 Å². The van der Waals surface area contributed by atoms with E-state index in [0.717, 1.165) is 51.4 Å². The Morgan fingerprint density at radius 1 is 0.569 bits per heavy atom. The number of fused-ring (bicyclic) bond motifs is 5. The van der Waals surface area contributed by atoms with E-state index < -0.39 is 0 Å². The van der Waals surface area contributed by atoms with E-state index in [2.05, 4.69) is 158 Å². The third-order valence-electron chi connectivity index (χ3n) is 10.3.